The zero-order chi connectivity index (χ0) is 21.8. The van der Waals surface area contributed by atoms with Crippen molar-refractivity contribution in [2.24, 2.45) is 0 Å². The molecule has 2 N–H and O–H groups in total. The van der Waals surface area contributed by atoms with Crippen LogP contribution >= 0.6 is 15.9 Å². The molecule has 2 atom stereocenters. The molecule has 2 unspecified atom stereocenters. The average molecular weight is 481 g/mol. The topological polar surface area (TPSA) is 59.6 Å². The zero-order valence-corrected chi connectivity index (χ0v) is 19.1. The van der Waals surface area contributed by atoms with Gasteiger partial charge in [0.25, 0.3) is 5.91 Å². The number of benzene rings is 3. The Morgan fingerprint density at radius 2 is 1.77 bits per heavy atom. The van der Waals surface area contributed by atoms with E-state index in [-0.39, 0.29) is 5.91 Å². The molecule has 1 aliphatic carbocycles. The summed E-state index contributed by atoms with van der Waals surface area (Å²) in [6, 6.07) is 21.9. The molecular formula is C25H25BrN2O3. The van der Waals surface area contributed by atoms with Gasteiger partial charge >= 0.3 is 0 Å². The maximum atomic E-state index is 12.4. The second-order valence-electron chi connectivity index (χ2n) is 7.61. The Bertz CT molecular complexity index is 1070. The Balaban J connectivity index is 1.30. The fourth-order valence-electron chi connectivity index (χ4n) is 3.68. The standard InChI is InChI=1S/C25H25BrN2O3/c1-30-23-11-6-16(12-24(23)31-2)15-27-22-14-21(22)17-7-9-20(10-8-17)28-25(29)18-4-3-5-19(26)13-18/h3-13,21-22,27H,14-15H2,1-2H3,(H,28,29). The highest BCUT2D eigenvalue weighted by atomic mass is 79.9. The van der Waals surface area contributed by atoms with Crippen LogP contribution in [0.1, 0.15) is 33.8 Å². The third-order valence-corrected chi connectivity index (χ3v) is 5.98. The van der Waals surface area contributed by atoms with E-state index in [0.717, 1.165) is 40.2 Å². The molecule has 3 aromatic carbocycles. The fraction of sp³-hybridized carbons (Fsp3) is 0.240. The predicted octanol–water partition coefficient (Wildman–Crippen LogP) is 5.36. The number of carbonyl (C=O) groups is 1. The van der Waals surface area contributed by atoms with Crippen LogP contribution in [0, 0.1) is 0 Å². The number of rotatable bonds is 8. The van der Waals surface area contributed by atoms with E-state index in [4.69, 9.17) is 9.47 Å². The van der Waals surface area contributed by atoms with Crippen molar-refractivity contribution >= 4 is 27.5 Å². The number of hydrogen-bond acceptors (Lipinski definition) is 4. The van der Waals surface area contributed by atoms with E-state index in [1.165, 1.54) is 5.56 Å². The quantitative estimate of drug-likeness (QED) is 0.455. The number of anilines is 1. The van der Waals surface area contributed by atoms with Gasteiger partial charge in [-0.05, 0) is 60.0 Å². The number of carbonyl (C=O) groups excluding carboxylic acids is 1. The first-order valence-electron chi connectivity index (χ1n) is 10.2. The lowest BCUT2D eigenvalue weighted by atomic mass is 10.1. The first-order chi connectivity index (χ1) is 15.1. The van der Waals surface area contributed by atoms with Crippen LogP contribution in [0.4, 0.5) is 5.69 Å². The van der Waals surface area contributed by atoms with Crippen LogP contribution in [0.5, 0.6) is 11.5 Å². The normalized spacial score (nSPS) is 17.1. The fourth-order valence-corrected chi connectivity index (χ4v) is 4.07. The minimum atomic E-state index is -0.116. The third kappa shape index (κ3) is 5.27. The van der Waals surface area contributed by atoms with Gasteiger partial charge in [-0.15, -0.1) is 0 Å². The van der Waals surface area contributed by atoms with Crippen LogP contribution in [0.3, 0.4) is 0 Å². The Morgan fingerprint density at radius 1 is 1.00 bits per heavy atom. The van der Waals surface area contributed by atoms with E-state index in [1.807, 2.05) is 42.5 Å². The van der Waals surface area contributed by atoms with Crippen molar-refractivity contribution in [3.63, 3.8) is 0 Å². The monoisotopic (exact) mass is 480 g/mol. The first-order valence-corrected chi connectivity index (χ1v) is 11.0. The van der Waals surface area contributed by atoms with Crippen molar-refractivity contribution in [3.8, 4) is 11.5 Å². The SMILES string of the molecule is COc1ccc(CNC2CC2c2ccc(NC(=O)c3cccc(Br)c3)cc2)cc1OC. The summed E-state index contributed by atoms with van der Waals surface area (Å²) in [6.07, 6.45) is 1.11. The molecule has 160 valence electrons. The lowest BCUT2D eigenvalue weighted by Crippen LogP contribution is -2.17. The van der Waals surface area contributed by atoms with E-state index < -0.39 is 0 Å². The molecule has 0 bridgehead atoms. The summed E-state index contributed by atoms with van der Waals surface area (Å²) in [5.41, 5.74) is 3.86. The van der Waals surface area contributed by atoms with Crippen molar-refractivity contribution in [3.05, 3.63) is 87.9 Å². The van der Waals surface area contributed by atoms with Crippen LogP contribution in [0.2, 0.25) is 0 Å². The van der Waals surface area contributed by atoms with E-state index >= 15 is 0 Å². The van der Waals surface area contributed by atoms with Crippen molar-refractivity contribution in [1.29, 1.82) is 0 Å². The highest BCUT2D eigenvalue weighted by Crippen LogP contribution is 2.41. The first kappa shape index (κ1) is 21.4. The second-order valence-corrected chi connectivity index (χ2v) is 8.52. The van der Waals surface area contributed by atoms with Crippen molar-refractivity contribution < 1.29 is 14.3 Å². The average Bonchev–Trinajstić information content (AvgIpc) is 3.57. The summed E-state index contributed by atoms with van der Waals surface area (Å²) in [5, 5.41) is 6.57. The van der Waals surface area contributed by atoms with Gasteiger partial charge in [0.2, 0.25) is 0 Å². The molecule has 0 spiro atoms. The molecule has 0 radical (unpaired) electrons. The second kappa shape index (κ2) is 9.54. The molecule has 0 heterocycles. The molecule has 4 rings (SSSR count). The molecule has 5 nitrogen and oxygen atoms in total. The van der Waals surface area contributed by atoms with E-state index in [9.17, 15) is 4.79 Å². The lowest BCUT2D eigenvalue weighted by Gasteiger charge is -2.10. The van der Waals surface area contributed by atoms with Gasteiger partial charge in [0.05, 0.1) is 14.2 Å². The van der Waals surface area contributed by atoms with Gasteiger partial charge in [-0.3, -0.25) is 4.79 Å². The largest absolute Gasteiger partial charge is 0.493 e. The van der Waals surface area contributed by atoms with E-state index in [2.05, 4.69) is 44.8 Å². The number of ether oxygens (including phenoxy) is 2. The van der Waals surface area contributed by atoms with Gasteiger partial charge < -0.3 is 20.1 Å². The Kier molecular flexibility index (Phi) is 6.59. The molecule has 1 amide bonds. The van der Waals surface area contributed by atoms with Gasteiger partial charge in [0.1, 0.15) is 0 Å². The molecule has 0 saturated heterocycles. The van der Waals surface area contributed by atoms with Crippen LogP contribution < -0.4 is 20.1 Å². The van der Waals surface area contributed by atoms with Crippen molar-refractivity contribution in [1.82, 2.24) is 5.32 Å². The summed E-state index contributed by atoms with van der Waals surface area (Å²) in [4.78, 5) is 12.4. The minimum absolute atomic E-state index is 0.116. The van der Waals surface area contributed by atoms with Gasteiger partial charge in [-0.2, -0.15) is 0 Å². The molecule has 31 heavy (non-hydrogen) atoms. The summed E-state index contributed by atoms with van der Waals surface area (Å²) < 4.78 is 11.6. The number of amides is 1. The highest BCUT2D eigenvalue weighted by molar-refractivity contribution is 9.10. The van der Waals surface area contributed by atoms with Crippen LogP contribution in [0.15, 0.2) is 71.2 Å². The molecule has 6 heteroatoms. The molecule has 3 aromatic rings. The maximum Gasteiger partial charge on any atom is 0.255 e. The summed E-state index contributed by atoms with van der Waals surface area (Å²) in [5.74, 6) is 1.86. The third-order valence-electron chi connectivity index (χ3n) is 5.49. The summed E-state index contributed by atoms with van der Waals surface area (Å²) in [7, 11) is 3.29. The molecule has 1 saturated carbocycles. The maximum absolute atomic E-state index is 12.4. The number of nitrogens with one attached hydrogen (secondary N) is 2. The Labute approximate surface area is 190 Å². The zero-order valence-electron chi connectivity index (χ0n) is 17.5. The van der Waals surface area contributed by atoms with Gasteiger partial charge in [0.15, 0.2) is 11.5 Å². The Hall–Kier alpha value is -2.83. The van der Waals surface area contributed by atoms with Crippen molar-refractivity contribution in [2.45, 2.75) is 24.9 Å². The van der Waals surface area contributed by atoms with Crippen LogP contribution in [-0.4, -0.2) is 26.2 Å². The summed E-state index contributed by atoms with van der Waals surface area (Å²) in [6.45, 7) is 0.780. The Morgan fingerprint density at radius 3 is 2.48 bits per heavy atom. The van der Waals surface area contributed by atoms with Gasteiger partial charge in [-0.25, -0.2) is 0 Å². The lowest BCUT2D eigenvalue weighted by molar-refractivity contribution is 0.102. The van der Waals surface area contributed by atoms with Crippen molar-refractivity contribution in [2.75, 3.05) is 19.5 Å². The highest BCUT2D eigenvalue weighted by Gasteiger charge is 2.37. The predicted molar refractivity (Wildman–Crippen MR) is 126 cm³/mol. The molecule has 0 aromatic heterocycles. The molecule has 1 fully saturated rings. The van der Waals surface area contributed by atoms with Crippen LogP contribution in [-0.2, 0) is 6.54 Å². The molecule has 0 aliphatic heterocycles. The van der Waals surface area contributed by atoms with Gasteiger partial charge in [-0.1, -0.05) is 40.2 Å². The molecular weight excluding hydrogens is 456 g/mol. The molecule has 1 aliphatic rings. The number of halogens is 1. The number of hydrogen-bond donors (Lipinski definition) is 2. The smallest absolute Gasteiger partial charge is 0.255 e. The van der Waals surface area contributed by atoms with Gasteiger partial charge in [0, 0.05) is 34.2 Å². The van der Waals surface area contributed by atoms with E-state index in [1.54, 1.807) is 20.3 Å². The summed E-state index contributed by atoms with van der Waals surface area (Å²) >= 11 is 3.40. The van der Waals surface area contributed by atoms with Crippen LogP contribution in [0.25, 0.3) is 0 Å². The minimum Gasteiger partial charge on any atom is -0.493 e. The van der Waals surface area contributed by atoms with E-state index in [0.29, 0.717) is 17.5 Å². The number of methoxy groups -OCH3 is 2.